The fourth-order valence-corrected chi connectivity index (χ4v) is 2.12. The lowest BCUT2D eigenvalue weighted by Gasteiger charge is -2.25. The lowest BCUT2D eigenvalue weighted by molar-refractivity contribution is -0.125. The van der Waals surface area contributed by atoms with Crippen molar-refractivity contribution in [1.82, 2.24) is 0 Å². The second kappa shape index (κ2) is 5.22. The largest absolute Gasteiger partial charge is 0.478 e. The summed E-state index contributed by atoms with van der Waals surface area (Å²) in [5.41, 5.74) is 6.60. The van der Waals surface area contributed by atoms with Crippen molar-refractivity contribution in [2.24, 2.45) is 11.1 Å². The van der Waals surface area contributed by atoms with Crippen LogP contribution in [0.15, 0.2) is 18.2 Å². The summed E-state index contributed by atoms with van der Waals surface area (Å²) in [5, 5.41) is 11.7. The summed E-state index contributed by atoms with van der Waals surface area (Å²) >= 11 is 0. The third-order valence-electron chi connectivity index (χ3n) is 3.76. The molecular formula is C14H18N2O4. The molecule has 108 valence electrons. The number of carbonyl (C=O) groups excluding carboxylic acids is 1. The van der Waals surface area contributed by atoms with Gasteiger partial charge in [0, 0.05) is 11.7 Å². The maximum absolute atomic E-state index is 12.3. The highest BCUT2D eigenvalue weighted by Crippen LogP contribution is 2.29. The minimum absolute atomic E-state index is 0.188. The number of carboxylic acids is 1. The summed E-state index contributed by atoms with van der Waals surface area (Å²) in [7, 11) is 0. The zero-order chi connectivity index (χ0) is 14.9. The molecule has 0 aromatic heterocycles. The number of rotatable bonds is 3. The van der Waals surface area contributed by atoms with Gasteiger partial charge in [-0.15, -0.1) is 0 Å². The number of nitrogens with one attached hydrogen (secondary N) is 1. The first-order valence-corrected chi connectivity index (χ1v) is 6.33. The Balaban J connectivity index is 2.18. The number of hydrogen-bond acceptors (Lipinski definition) is 4. The molecule has 0 aliphatic carbocycles. The van der Waals surface area contributed by atoms with Crippen molar-refractivity contribution in [2.75, 3.05) is 18.5 Å². The van der Waals surface area contributed by atoms with Gasteiger partial charge in [-0.3, -0.25) is 4.79 Å². The smallest absolute Gasteiger partial charge is 0.335 e. The Hall–Kier alpha value is -1.92. The van der Waals surface area contributed by atoms with Crippen LogP contribution in [0.4, 0.5) is 5.69 Å². The van der Waals surface area contributed by atoms with Crippen molar-refractivity contribution in [3.05, 3.63) is 29.3 Å². The van der Waals surface area contributed by atoms with Crippen molar-refractivity contribution in [1.29, 1.82) is 0 Å². The first-order valence-electron chi connectivity index (χ1n) is 6.33. The highest BCUT2D eigenvalue weighted by molar-refractivity contribution is 5.97. The Morgan fingerprint density at radius 3 is 2.70 bits per heavy atom. The van der Waals surface area contributed by atoms with Crippen LogP contribution in [0.3, 0.4) is 0 Å². The van der Waals surface area contributed by atoms with Gasteiger partial charge in [0.25, 0.3) is 0 Å². The number of amides is 1. The van der Waals surface area contributed by atoms with Gasteiger partial charge in [-0.25, -0.2) is 4.79 Å². The monoisotopic (exact) mass is 278 g/mol. The van der Waals surface area contributed by atoms with Crippen LogP contribution in [0.5, 0.6) is 0 Å². The number of aromatic carboxylic acids is 1. The van der Waals surface area contributed by atoms with Gasteiger partial charge in [0.1, 0.15) is 0 Å². The summed E-state index contributed by atoms with van der Waals surface area (Å²) in [6, 6.07) is 4.21. The summed E-state index contributed by atoms with van der Waals surface area (Å²) < 4.78 is 5.25. The van der Waals surface area contributed by atoms with Crippen LogP contribution in [-0.4, -0.2) is 36.2 Å². The fourth-order valence-electron chi connectivity index (χ4n) is 2.12. The van der Waals surface area contributed by atoms with Crippen molar-refractivity contribution in [2.45, 2.75) is 19.9 Å². The van der Waals surface area contributed by atoms with E-state index in [4.69, 9.17) is 15.6 Å². The Morgan fingerprint density at radius 2 is 2.20 bits per heavy atom. The van der Waals surface area contributed by atoms with Crippen LogP contribution in [0.25, 0.3) is 0 Å². The van der Waals surface area contributed by atoms with Gasteiger partial charge >= 0.3 is 5.97 Å². The molecule has 1 heterocycles. The Morgan fingerprint density at radius 1 is 1.50 bits per heavy atom. The molecule has 0 bridgehead atoms. The molecular weight excluding hydrogens is 260 g/mol. The molecule has 2 unspecified atom stereocenters. The van der Waals surface area contributed by atoms with E-state index in [-0.39, 0.29) is 24.1 Å². The minimum Gasteiger partial charge on any atom is -0.478 e. The van der Waals surface area contributed by atoms with E-state index < -0.39 is 11.4 Å². The van der Waals surface area contributed by atoms with Gasteiger partial charge in [0.2, 0.25) is 5.91 Å². The van der Waals surface area contributed by atoms with Crippen molar-refractivity contribution in [3.8, 4) is 0 Å². The highest BCUT2D eigenvalue weighted by atomic mass is 16.5. The number of aryl methyl sites for hydroxylation is 1. The Bertz CT molecular complexity index is 558. The standard InChI is InChI=1S/C14H18N2O4/c1-8-5-9(12(17)18)3-4-10(8)16-13(19)14(2)7-20-6-11(14)15/h3-5,11H,6-7,15H2,1-2H3,(H,16,19)(H,17,18). The second-order valence-corrected chi connectivity index (χ2v) is 5.33. The van der Waals surface area contributed by atoms with Crippen LogP contribution in [0.1, 0.15) is 22.8 Å². The zero-order valence-corrected chi connectivity index (χ0v) is 11.5. The van der Waals surface area contributed by atoms with Crippen molar-refractivity contribution < 1.29 is 19.4 Å². The first kappa shape index (κ1) is 14.5. The predicted octanol–water partition coefficient (Wildman–Crippen LogP) is 0.996. The molecule has 1 aromatic rings. The molecule has 1 fully saturated rings. The Kier molecular flexibility index (Phi) is 3.78. The van der Waals surface area contributed by atoms with Crippen molar-refractivity contribution >= 4 is 17.6 Å². The van der Waals surface area contributed by atoms with Gasteiger partial charge in [0.15, 0.2) is 0 Å². The van der Waals surface area contributed by atoms with Crippen LogP contribution >= 0.6 is 0 Å². The first-order chi connectivity index (χ1) is 9.34. The van der Waals surface area contributed by atoms with E-state index in [0.29, 0.717) is 17.9 Å². The molecule has 0 radical (unpaired) electrons. The number of hydrogen-bond donors (Lipinski definition) is 3. The summed E-state index contributed by atoms with van der Waals surface area (Å²) in [6.07, 6.45) is 0. The number of nitrogens with two attached hydrogens (primary N) is 1. The van der Waals surface area contributed by atoms with Crippen LogP contribution in [-0.2, 0) is 9.53 Å². The average molecular weight is 278 g/mol. The third-order valence-corrected chi connectivity index (χ3v) is 3.76. The van der Waals surface area contributed by atoms with Gasteiger partial charge in [-0.2, -0.15) is 0 Å². The molecule has 1 aromatic carbocycles. The molecule has 2 rings (SSSR count). The number of ether oxygens (including phenoxy) is 1. The molecule has 0 saturated carbocycles. The zero-order valence-electron chi connectivity index (χ0n) is 11.5. The second-order valence-electron chi connectivity index (χ2n) is 5.33. The van der Waals surface area contributed by atoms with E-state index in [1.165, 1.54) is 12.1 Å². The van der Waals surface area contributed by atoms with E-state index in [0.717, 1.165) is 0 Å². The highest BCUT2D eigenvalue weighted by Gasteiger charge is 2.44. The normalized spacial score (nSPS) is 25.4. The van der Waals surface area contributed by atoms with Gasteiger partial charge in [0.05, 0.1) is 24.2 Å². The molecule has 4 N–H and O–H groups in total. The summed E-state index contributed by atoms with van der Waals surface area (Å²) in [6.45, 7) is 4.16. The maximum atomic E-state index is 12.3. The lowest BCUT2D eigenvalue weighted by atomic mass is 9.84. The van der Waals surface area contributed by atoms with E-state index in [1.807, 2.05) is 0 Å². The maximum Gasteiger partial charge on any atom is 0.335 e. The average Bonchev–Trinajstić information content (AvgIpc) is 2.73. The van der Waals surface area contributed by atoms with Gasteiger partial charge in [-0.1, -0.05) is 0 Å². The van der Waals surface area contributed by atoms with Gasteiger partial charge in [-0.05, 0) is 37.6 Å². The Labute approximate surface area is 116 Å². The summed E-state index contributed by atoms with van der Waals surface area (Å²) in [4.78, 5) is 23.2. The molecule has 0 spiro atoms. The predicted molar refractivity (Wildman–Crippen MR) is 73.7 cm³/mol. The van der Waals surface area contributed by atoms with Crippen LogP contribution < -0.4 is 11.1 Å². The topological polar surface area (TPSA) is 102 Å². The molecule has 1 aliphatic heterocycles. The molecule has 6 nitrogen and oxygen atoms in total. The molecule has 20 heavy (non-hydrogen) atoms. The SMILES string of the molecule is Cc1cc(C(=O)O)ccc1NC(=O)C1(C)COCC1N. The number of carbonyl (C=O) groups is 2. The van der Waals surface area contributed by atoms with Crippen LogP contribution in [0, 0.1) is 12.3 Å². The molecule has 1 saturated heterocycles. The lowest BCUT2D eigenvalue weighted by Crippen LogP contribution is -2.47. The number of carboxylic acid groups (broad SMARTS) is 1. The minimum atomic E-state index is -0.996. The van der Waals surface area contributed by atoms with E-state index in [9.17, 15) is 9.59 Å². The van der Waals surface area contributed by atoms with Gasteiger partial charge < -0.3 is 20.9 Å². The summed E-state index contributed by atoms with van der Waals surface area (Å²) in [5.74, 6) is -1.21. The van der Waals surface area contributed by atoms with E-state index in [2.05, 4.69) is 5.32 Å². The number of anilines is 1. The van der Waals surface area contributed by atoms with Crippen LogP contribution in [0.2, 0.25) is 0 Å². The third kappa shape index (κ3) is 2.52. The number of benzene rings is 1. The fraction of sp³-hybridized carbons (Fsp3) is 0.429. The molecule has 2 atom stereocenters. The quantitative estimate of drug-likeness (QED) is 0.765. The van der Waals surface area contributed by atoms with E-state index >= 15 is 0 Å². The molecule has 6 heteroatoms. The molecule has 1 aliphatic rings. The van der Waals surface area contributed by atoms with E-state index in [1.54, 1.807) is 19.9 Å². The molecule has 1 amide bonds. The van der Waals surface area contributed by atoms with Crippen molar-refractivity contribution in [3.63, 3.8) is 0 Å².